The number of hydrogen-bond donors (Lipinski definition) is 0. The fourth-order valence-electron chi connectivity index (χ4n) is 3.89. The van der Waals surface area contributed by atoms with Crippen LogP contribution in [0.25, 0.3) is 0 Å². The second kappa shape index (κ2) is 9.87. The van der Waals surface area contributed by atoms with Gasteiger partial charge in [0.15, 0.2) is 11.5 Å². The number of ether oxygens (including phenoxy) is 1. The lowest BCUT2D eigenvalue weighted by atomic mass is 10.0. The molecule has 156 valence electrons. The van der Waals surface area contributed by atoms with Crippen molar-refractivity contribution in [2.75, 3.05) is 13.3 Å². The Morgan fingerprint density at radius 3 is 1.45 bits per heavy atom. The predicted octanol–water partition coefficient (Wildman–Crippen LogP) is 4.01. The van der Waals surface area contributed by atoms with Crippen molar-refractivity contribution in [3.05, 3.63) is 114 Å². The van der Waals surface area contributed by atoms with Crippen molar-refractivity contribution in [3.8, 4) is 0 Å². The van der Waals surface area contributed by atoms with Gasteiger partial charge in [0.2, 0.25) is 5.78 Å². The molecule has 0 unspecified atom stereocenters. The number of allylic oxidation sites excluding steroid dienone is 3. The van der Waals surface area contributed by atoms with Crippen LogP contribution in [-0.2, 0) is 14.3 Å². The summed E-state index contributed by atoms with van der Waals surface area (Å²) in [7, 11) is -0.817. The molecule has 31 heavy (non-hydrogen) atoms. The highest BCUT2D eigenvalue weighted by atomic mass is 35.5. The number of benzene rings is 3. The third kappa shape index (κ3) is 4.39. The molecule has 0 spiro atoms. The van der Waals surface area contributed by atoms with Crippen LogP contribution in [0.15, 0.2) is 114 Å². The Kier molecular flexibility index (Phi) is 7.22. The van der Waals surface area contributed by atoms with Gasteiger partial charge in [-0.1, -0.05) is 54.6 Å². The van der Waals surface area contributed by atoms with Gasteiger partial charge in [-0.25, -0.2) is 0 Å². The highest BCUT2D eigenvalue weighted by molar-refractivity contribution is 7.95. The molecule has 0 amide bonds. The average Bonchev–Trinajstić information content (AvgIpc) is 2.81. The number of methoxy groups -OCH3 is 1. The molecule has 0 aliphatic heterocycles. The zero-order valence-electron chi connectivity index (χ0n) is 17.1. The highest BCUT2D eigenvalue weighted by Crippen LogP contribution is 2.56. The van der Waals surface area contributed by atoms with Gasteiger partial charge in [0, 0.05) is 17.7 Å². The minimum atomic E-state index is -2.23. The van der Waals surface area contributed by atoms with Crippen molar-refractivity contribution < 1.29 is 14.3 Å². The molecule has 3 aromatic rings. The van der Waals surface area contributed by atoms with E-state index in [0.29, 0.717) is 11.7 Å². The van der Waals surface area contributed by atoms with E-state index in [-0.39, 0.29) is 29.7 Å². The maximum Gasteiger partial charge on any atom is 0.221 e. The van der Waals surface area contributed by atoms with Crippen LogP contribution < -0.4 is 15.9 Å². The zero-order chi connectivity index (χ0) is 21.0. The van der Waals surface area contributed by atoms with E-state index in [1.54, 1.807) is 0 Å². The van der Waals surface area contributed by atoms with Crippen LogP contribution in [-0.4, -0.2) is 24.8 Å². The Morgan fingerprint density at radius 2 is 1.06 bits per heavy atom. The van der Waals surface area contributed by atoms with E-state index in [0.717, 1.165) is 0 Å². The lowest BCUT2D eigenvalue weighted by Crippen LogP contribution is -2.35. The summed E-state index contributed by atoms with van der Waals surface area (Å²) in [6, 6.07) is 30.9. The van der Waals surface area contributed by atoms with Crippen LogP contribution in [0.2, 0.25) is 0 Å². The molecule has 0 radical (unpaired) electrons. The number of carbonyl (C=O) groups excluding carboxylic acids is 2. The minimum absolute atomic E-state index is 0. The topological polar surface area (TPSA) is 43.4 Å². The molecule has 3 nitrogen and oxygen atoms in total. The summed E-state index contributed by atoms with van der Waals surface area (Å²) in [5.41, 5.74) is 0.519. The Hall–Kier alpha value is -3.00. The molecule has 5 heteroatoms. The molecule has 4 rings (SSSR count). The van der Waals surface area contributed by atoms with E-state index in [4.69, 9.17) is 4.74 Å². The summed E-state index contributed by atoms with van der Waals surface area (Å²) in [4.78, 5) is 25.4. The van der Waals surface area contributed by atoms with Crippen molar-refractivity contribution in [1.29, 1.82) is 0 Å². The highest BCUT2D eigenvalue weighted by Gasteiger charge is 2.47. The van der Waals surface area contributed by atoms with E-state index in [2.05, 4.69) is 36.4 Å². The second-order valence-corrected chi connectivity index (χ2v) is 10.6. The van der Waals surface area contributed by atoms with Crippen molar-refractivity contribution in [1.82, 2.24) is 0 Å². The Bertz CT molecular complexity index is 1030. The fourth-order valence-corrected chi connectivity index (χ4v) is 8.13. The van der Waals surface area contributed by atoms with Crippen LogP contribution in [0.5, 0.6) is 0 Å². The van der Waals surface area contributed by atoms with Gasteiger partial charge in [-0.05, 0) is 36.4 Å². The SMILES string of the molecule is COC1=CC(=O)C(C[P+](c2ccccc2)(c2ccccc2)c2ccccc2)=CC1=O.Cl. The predicted molar refractivity (Wildman–Crippen MR) is 130 cm³/mol. The molecular formula is C26H23ClO3P+. The smallest absolute Gasteiger partial charge is 0.221 e. The number of halogens is 1. The monoisotopic (exact) mass is 449 g/mol. The summed E-state index contributed by atoms with van der Waals surface area (Å²) >= 11 is 0. The summed E-state index contributed by atoms with van der Waals surface area (Å²) in [6.45, 7) is 0. The van der Waals surface area contributed by atoms with Crippen LogP contribution in [0, 0.1) is 0 Å². The standard InChI is InChI=1S/C26H22O3P.ClH/c1-29-26-18-24(27)20(17-25(26)28)19-30(21-11-5-2-6-12-21,22-13-7-3-8-14-22)23-15-9-4-10-16-23;/h2-18H,19H2,1H3;1H/q+1;. The van der Waals surface area contributed by atoms with E-state index in [1.807, 2.05) is 54.6 Å². The number of rotatable bonds is 6. The average molecular weight is 450 g/mol. The lowest BCUT2D eigenvalue weighted by Gasteiger charge is -2.28. The van der Waals surface area contributed by atoms with Crippen LogP contribution in [0.4, 0.5) is 0 Å². The Morgan fingerprint density at radius 1 is 0.645 bits per heavy atom. The second-order valence-electron chi connectivity index (χ2n) is 7.09. The van der Waals surface area contributed by atoms with Crippen molar-refractivity contribution >= 4 is 47.1 Å². The minimum Gasteiger partial charge on any atom is -0.493 e. The van der Waals surface area contributed by atoms with E-state index in [9.17, 15) is 9.59 Å². The van der Waals surface area contributed by atoms with Gasteiger partial charge in [-0.3, -0.25) is 9.59 Å². The Balaban J connectivity index is 0.00000272. The van der Waals surface area contributed by atoms with Gasteiger partial charge >= 0.3 is 0 Å². The van der Waals surface area contributed by atoms with Crippen molar-refractivity contribution in [2.24, 2.45) is 0 Å². The fraction of sp³-hybridized carbons (Fsp3) is 0.0769. The molecule has 0 heterocycles. The molecule has 1 aliphatic rings. The largest absolute Gasteiger partial charge is 0.493 e. The van der Waals surface area contributed by atoms with Crippen molar-refractivity contribution in [3.63, 3.8) is 0 Å². The number of ketones is 2. The first-order valence-corrected chi connectivity index (χ1v) is 11.7. The molecule has 3 aromatic carbocycles. The van der Waals surface area contributed by atoms with Crippen LogP contribution >= 0.6 is 19.7 Å². The summed E-state index contributed by atoms with van der Waals surface area (Å²) < 4.78 is 5.06. The maximum absolute atomic E-state index is 12.9. The van der Waals surface area contributed by atoms with E-state index < -0.39 is 7.26 Å². The molecule has 0 bridgehead atoms. The van der Waals surface area contributed by atoms with Gasteiger partial charge in [0.1, 0.15) is 29.3 Å². The summed E-state index contributed by atoms with van der Waals surface area (Å²) in [5.74, 6) is -0.343. The van der Waals surface area contributed by atoms with Crippen molar-refractivity contribution in [2.45, 2.75) is 0 Å². The zero-order valence-corrected chi connectivity index (χ0v) is 18.8. The molecule has 0 saturated heterocycles. The molecule has 0 fully saturated rings. The third-order valence-corrected chi connectivity index (χ3v) is 9.70. The quantitative estimate of drug-likeness (QED) is 0.422. The Labute approximate surface area is 189 Å². The maximum atomic E-state index is 12.9. The molecule has 0 saturated carbocycles. The third-order valence-electron chi connectivity index (χ3n) is 5.35. The molecular weight excluding hydrogens is 427 g/mol. The van der Waals surface area contributed by atoms with E-state index in [1.165, 1.54) is 35.2 Å². The normalized spacial score (nSPS) is 13.7. The molecule has 1 aliphatic carbocycles. The van der Waals surface area contributed by atoms with Gasteiger partial charge in [0.25, 0.3) is 0 Å². The van der Waals surface area contributed by atoms with Gasteiger partial charge < -0.3 is 4.74 Å². The molecule has 0 N–H and O–H groups in total. The van der Waals surface area contributed by atoms with Crippen LogP contribution in [0.3, 0.4) is 0 Å². The molecule has 0 atom stereocenters. The lowest BCUT2D eigenvalue weighted by molar-refractivity contribution is -0.117. The van der Waals surface area contributed by atoms with E-state index >= 15 is 0 Å². The summed E-state index contributed by atoms with van der Waals surface area (Å²) in [6.07, 6.45) is 3.24. The first-order valence-electron chi connectivity index (χ1n) is 9.75. The first kappa shape index (κ1) is 22.7. The number of carbonyl (C=O) groups is 2. The summed E-state index contributed by atoms with van der Waals surface area (Å²) in [5, 5.41) is 3.51. The number of hydrogen-bond acceptors (Lipinski definition) is 3. The first-order chi connectivity index (χ1) is 14.6. The molecule has 0 aromatic heterocycles. The van der Waals surface area contributed by atoms with Gasteiger partial charge in [-0.15, -0.1) is 12.4 Å². The van der Waals surface area contributed by atoms with Gasteiger partial charge in [0.05, 0.1) is 7.11 Å². The van der Waals surface area contributed by atoms with Gasteiger partial charge in [-0.2, -0.15) is 0 Å². The van der Waals surface area contributed by atoms with Crippen LogP contribution in [0.1, 0.15) is 0 Å².